The molecule has 12 aromatic heterocycles. The van der Waals surface area contributed by atoms with Gasteiger partial charge in [-0.1, -0.05) is 15.6 Å². The summed E-state index contributed by atoms with van der Waals surface area (Å²) in [5.74, 6) is -0.583. The van der Waals surface area contributed by atoms with E-state index in [1.54, 1.807) is 55.0 Å². The van der Waals surface area contributed by atoms with E-state index in [4.69, 9.17) is 188 Å². The van der Waals surface area contributed by atoms with Crippen LogP contribution in [0.15, 0.2) is 88.0 Å². The van der Waals surface area contributed by atoms with E-state index in [0.717, 1.165) is 14.0 Å². The largest absolute Gasteiger partial charge is 0.398 e. The Morgan fingerprint density at radius 3 is 0.879 bits per heavy atom. The summed E-state index contributed by atoms with van der Waals surface area (Å²) in [5.41, 5.74) is 35.2. The standard InChI is InChI=1S/3C21H24FN9O9P2S2/c3*22-13-15-12(38-20(13)30-4-2-9-10(23)1-3-25-16(9)30)7-36-41(33,43)39-11-5-8(6-35-42(34,44)40-15)37-19(11)31-17-14(28-29-31)18(32)27-21(24)26-17/h3*1-4,8,11-13,15,19-20H,5-7H2,(H2,23,25)(H,33,43)(H,34,44)(H3,24,26,27,32)/t3*8-,11+,12+,13-,15+,19+,20+,41?,42?/m000/s1. The SMILES string of the molecule is Nc1nc2c(nnn2[C@@H]2O[C@@H]3COP(O)(=S)O[C@H]4[C@H](F)[C@H](n5ccc6c(N)ccnc65)O[C@@H]4COP(O)(=S)O[C@@H]2C3)c(=O)[nH]1.Nc1nc2c(nnn2[C@@H]2O[C@@H]3COP(O)(=S)O[C@H]4[C@H](F)[C@H](n5ccc6c(N)ccnc65)O[C@@H]4COP(O)(=S)O[C@@H]2C3)c(=O)[nH]1.Nc1nc2c(nnn2[C@@H]2O[C@@H]3COP(O)(=S)O[C@H]4[C@H](F)[C@H](n5ccc6c(N)ccnc65)O[C@@H]4COP(O)(=S)O[C@@H]2C3)c(=O)[nH]1. The van der Waals surface area contributed by atoms with E-state index in [0.29, 0.717) is 50.2 Å². The first-order chi connectivity index (χ1) is 62.7. The molecule has 21 heterocycles. The summed E-state index contributed by atoms with van der Waals surface area (Å²) in [7, 11) is 0. The maximum absolute atomic E-state index is 16.0. The zero-order valence-corrected chi connectivity index (χ0v) is 76.7. The summed E-state index contributed by atoms with van der Waals surface area (Å²) in [6.07, 6.45) is -17.6. The zero-order valence-electron chi connectivity index (χ0n) is 66.5. The highest BCUT2D eigenvalue weighted by Gasteiger charge is 2.56. The van der Waals surface area contributed by atoms with E-state index in [1.807, 2.05) is 0 Å². The van der Waals surface area contributed by atoms with Crippen molar-refractivity contribution in [3.63, 3.8) is 0 Å². The molecule has 9 saturated heterocycles. The first kappa shape index (κ1) is 93.5. The molecule has 9 fully saturated rings. The van der Waals surface area contributed by atoms with Crippen LogP contribution in [-0.2, 0) is 154 Å². The van der Waals surface area contributed by atoms with Crippen molar-refractivity contribution in [2.24, 2.45) is 0 Å². The molecule has 132 heavy (non-hydrogen) atoms. The van der Waals surface area contributed by atoms with Crippen LogP contribution in [0.4, 0.5) is 48.1 Å². The van der Waals surface area contributed by atoms with Crippen LogP contribution in [0.5, 0.6) is 0 Å². The summed E-state index contributed by atoms with van der Waals surface area (Å²) in [6.45, 7) is -27.1. The zero-order chi connectivity index (χ0) is 92.9. The van der Waals surface area contributed by atoms with Crippen molar-refractivity contribution in [2.75, 3.05) is 74.0 Å². The number of ether oxygens (including phenoxy) is 6. The van der Waals surface area contributed by atoms with Crippen LogP contribution in [0, 0.1) is 0 Å². The Morgan fingerprint density at radius 2 is 0.606 bits per heavy atom. The second-order valence-corrected chi connectivity index (χ2v) is 47.2. The van der Waals surface area contributed by atoms with Crippen LogP contribution < -0.4 is 51.1 Å². The van der Waals surface area contributed by atoms with Crippen molar-refractivity contribution in [1.82, 2.24) is 104 Å². The van der Waals surface area contributed by atoms with Gasteiger partial charge in [-0.05, 0) is 107 Å². The highest BCUT2D eigenvalue weighted by Crippen LogP contribution is 2.59. The maximum Gasteiger partial charge on any atom is 0.325 e. The molecule has 708 valence electrons. The van der Waals surface area contributed by atoms with Gasteiger partial charge < -0.3 is 147 Å². The number of halogens is 3. The van der Waals surface area contributed by atoms with E-state index in [2.05, 4.69) is 75.8 Å². The van der Waals surface area contributed by atoms with Gasteiger partial charge in [-0.2, -0.15) is 29.0 Å². The van der Waals surface area contributed by atoms with Gasteiger partial charge in [0.1, 0.15) is 71.9 Å². The van der Waals surface area contributed by atoms with Crippen molar-refractivity contribution in [1.29, 1.82) is 0 Å². The Bertz CT molecular complexity index is 6380. The average Bonchev–Trinajstić information content (AvgIpc) is 1.64. The maximum atomic E-state index is 16.0. The fourth-order valence-electron chi connectivity index (χ4n) is 16.1. The Hall–Kier alpha value is -7.56. The van der Waals surface area contributed by atoms with E-state index in [-0.39, 0.29) is 90.4 Å². The van der Waals surface area contributed by atoms with Crippen molar-refractivity contribution >= 4 is 213 Å². The normalized spacial score (nSPS) is 36.6. The van der Waals surface area contributed by atoms with Gasteiger partial charge in [0, 0.05) is 89.7 Å². The number of nitrogens with two attached hydrogens (primary N) is 6. The molecule has 9 aliphatic rings. The molecule has 6 bridgehead atoms. The van der Waals surface area contributed by atoms with E-state index in [9.17, 15) is 43.7 Å². The predicted molar refractivity (Wildman–Crippen MR) is 469 cm³/mol. The van der Waals surface area contributed by atoms with E-state index >= 15 is 13.2 Å². The number of aromatic nitrogens is 21. The summed E-state index contributed by atoms with van der Waals surface area (Å²) < 4.78 is 160. The number of nitrogens with zero attached hydrogens (tertiary/aromatic N) is 18. The lowest BCUT2D eigenvalue weighted by Gasteiger charge is -2.27. The first-order valence-electron chi connectivity index (χ1n) is 38.9. The molecule has 0 radical (unpaired) electrons. The fraction of sp³-hybridized carbons (Fsp3) is 0.476. The van der Waals surface area contributed by atoms with Gasteiger partial charge in [0.25, 0.3) is 16.7 Å². The van der Waals surface area contributed by atoms with Gasteiger partial charge in [-0.3, -0.25) is 42.9 Å². The Balaban J connectivity index is 0.000000128. The smallest absolute Gasteiger partial charge is 0.325 e. The van der Waals surface area contributed by atoms with Crippen LogP contribution in [0.1, 0.15) is 56.6 Å². The number of H-pyrrole nitrogens is 3. The molecule has 0 saturated carbocycles. The van der Waals surface area contributed by atoms with E-state index in [1.165, 1.54) is 32.3 Å². The minimum atomic E-state index is -4.11. The summed E-state index contributed by atoms with van der Waals surface area (Å²) in [5, 5.41) is 25.1. The molecule has 0 amide bonds. The van der Waals surface area contributed by atoms with Crippen LogP contribution in [-0.4, -0.2) is 264 Å². The summed E-state index contributed by atoms with van der Waals surface area (Å²) in [4.78, 5) is 135. The molecule has 21 N–H and O–H groups in total. The molecule has 54 nitrogen and oxygen atoms in total. The number of alkyl halides is 3. The fourth-order valence-corrected chi connectivity index (χ4v) is 24.8. The van der Waals surface area contributed by atoms with Gasteiger partial charge >= 0.3 is 40.3 Å². The molecule has 9 aliphatic heterocycles. The number of anilines is 6. The van der Waals surface area contributed by atoms with Crippen LogP contribution in [0.3, 0.4) is 0 Å². The first-order valence-corrected chi connectivity index (χ1v) is 54.5. The third kappa shape index (κ3) is 18.7. The number of hydrogen-bond acceptors (Lipinski definition) is 45. The Kier molecular flexibility index (Phi) is 25.6. The van der Waals surface area contributed by atoms with Crippen molar-refractivity contribution in [2.45, 2.75) is 148 Å². The average molecular weight is 2070 g/mol. The lowest BCUT2D eigenvalue weighted by molar-refractivity contribution is -0.0636. The Morgan fingerprint density at radius 1 is 0.348 bits per heavy atom. The second kappa shape index (κ2) is 36.1. The molecule has 21 rings (SSSR count). The number of rotatable bonds is 6. The minimum absolute atomic E-state index is 0.0219. The van der Waals surface area contributed by atoms with E-state index < -0.39 is 206 Å². The quantitative estimate of drug-likeness (QED) is 0.105. The molecule has 0 aromatic carbocycles. The minimum Gasteiger partial charge on any atom is -0.398 e. The summed E-state index contributed by atoms with van der Waals surface area (Å²) in [6, 6.07) is 9.79. The molecule has 12 aromatic rings. The highest BCUT2D eigenvalue weighted by molar-refractivity contribution is 8.08. The highest BCUT2D eigenvalue weighted by atomic mass is 32.5. The van der Waals surface area contributed by atoms with Crippen LogP contribution >= 0.6 is 40.3 Å². The molecule has 0 spiro atoms. The van der Waals surface area contributed by atoms with Gasteiger partial charge in [-0.25, -0.2) is 28.1 Å². The number of aromatic amines is 3. The third-order valence-corrected chi connectivity index (χ3v) is 31.3. The molecular weight excluding hydrogens is 2000 g/mol. The van der Waals surface area contributed by atoms with Crippen LogP contribution in [0.2, 0.25) is 0 Å². The van der Waals surface area contributed by atoms with Crippen molar-refractivity contribution in [3.8, 4) is 0 Å². The van der Waals surface area contributed by atoms with Gasteiger partial charge in [0.2, 0.25) is 17.8 Å². The molecule has 27 atom stereocenters. The van der Waals surface area contributed by atoms with Gasteiger partial charge in [-0.15, -0.1) is 15.3 Å². The lowest BCUT2D eigenvalue weighted by Crippen LogP contribution is -2.34. The molecule has 6 unspecified atom stereocenters. The topological polar surface area (TPSA) is 726 Å². The number of fused-ring (bicyclic) bond motifs is 15. The Labute approximate surface area is 763 Å². The molecular formula is C63H72F3N27O27P6S6. The number of nitrogens with one attached hydrogen (secondary N) is 3. The van der Waals surface area contributed by atoms with Gasteiger partial charge in [0.15, 0.2) is 89.4 Å². The van der Waals surface area contributed by atoms with Crippen molar-refractivity contribution < 1.29 is 125 Å². The van der Waals surface area contributed by atoms with Crippen molar-refractivity contribution in [3.05, 3.63) is 105 Å². The molecule has 69 heteroatoms. The predicted octanol–water partition coefficient (Wildman–Crippen LogP) is 1.51. The summed E-state index contributed by atoms with van der Waals surface area (Å²) >= 11 is 31.5. The number of hydrogen-bond donors (Lipinski definition) is 15. The van der Waals surface area contributed by atoms with Gasteiger partial charge in [0.05, 0.1) is 58.0 Å². The monoisotopic (exact) mass is 2070 g/mol. The third-order valence-electron chi connectivity index (χ3n) is 21.8. The second-order valence-electron chi connectivity index (χ2n) is 30.5. The molecule has 0 aliphatic carbocycles. The number of nitrogen functional groups attached to an aromatic ring is 6. The lowest BCUT2D eigenvalue weighted by atomic mass is 10.1. The van der Waals surface area contributed by atoms with Crippen LogP contribution in [0.25, 0.3) is 66.6 Å². The number of pyridine rings is 3.